The molecule has 0 radical (unpaired) electrons. The Morgan fingerprint density at radius 3 is 2.36 bits per heavy atom. The Balaban J connectivity index is 2.40. The first kappa shape index (κ1) is 26.6. The minimum Gasteiger partial charge on any atom is -0.352 e. The fraction of sp³-hybridized carbons (Fsp3) is 0.391. The van der Waals surface area contributed by atoms with Gasteiger partial charge in [0.25, 0.3) is 0 Å². The van der Waals surface area contributed by atoms with E-state index >= 15 is 0 Å². The first-order chi connectivity index (χ1) is 15.4. The van der Waals surface area contributed by atoms with E-state index in [9.17, 15) is 22.4 Å². The molecule has 2 aromatic carbocycles. The van der Waals surface area contributed by atoms with Crippen LogP contribution in [0.3, 0.4) is 0 Å². The van der Waals surface area contributed by atoms with Crippen LogP contribution in [0, 0.1) is 5.82 Å². The Bertz CT molecular complexity index is 1100. The summed E-state index contributed by atoms with van der Waals surface area (Å²) in [5.41, 5.74) is 0.420. The number of hydrogen-bond donors (Lipinski definition) is 1. The molecular weight excluding hydrogens is 469 g/mol. The summed E-state index contributed by atoms with van der Waals surface area (Å²) in [7, 11) is -3.86. The van der Waals surface area contributed by atoms with Crippen LogP contribution in [0.2, 0.25) is 5.02 Å². The molecule has 0 fully saturated rings. The highest BCUT2D eigenvalue weighted by Gasteiger charge is 2.31. The predicted octanol–water partition coefficient (Wildman–Crippen LogP) is 3.58. The highest BCUT2D eigenvalue weighted by Crippen LogP contribution is 2.23. The molecule has 180 valence electrons. The van der Waals surface area contributed by atoms with E-state index in [4.69, 9.17) is 11.6 Å². The largest absolute Gasteiger partial charge is 0.352 e. The van der Waals surface area contributed by atoms with E-state index in [0.717, 1.165) is 10.6 Å². The Morgan fingerprint density at radius 2 is 1.79 bits per heavy atom. The molecule has 0 saturated heterocycles. The molecule has 2 atom stereocenters. The van der Waals surface area contributed by atoms with E-state index in [1.165, 1.54) is 42.2 Å². The van der Waals surface area contributed by atoms with Crippen LogP contribution in [0.5, 0.6) is 0 Å². The smallest absolute Gasteiger partial charge is 0.244 e. The van der Waals surface area contributed by atoms with Gasteiger partial charge in [0, 0.05) is 23.2 Å². The summed E-state index contributed by atoms with van der Waals surface area (Å²) in [5.74, 6) is -1.60. The minimum atomic E-state index is -3.86. The molecule has 0 aliphatic rings. The van der Waals surface area contributed by atoms with Crippen molar-refractivity contribution in [2.75, 3.05) is 17.1 Å². The maximum atomic E-state index is 14.3. The second kappa shape index (κ2) is 11.5. The molecule has 0 aromatic heterocycles. The van der Waals surface area contributed by atoms with Crippen molar-refractivity contribution >= 4 is 39.1 Å². The number of nitrogens with zero attached hydrogens (tertiary/aromatic N) is 2. The molecule has 2 amide bonds. The van der Waals surface area contributed by atoms with Gasteiger partial charge in [0.05, 0.1) is 11.9 Å². The Kier molecular flexibility index (Phi) is 9.25. The van der Waals surface area contributed by atoms with E-state index < -0.39 is 40.2 Å². The van der Waals surface area contributed by atoms with E-state index in [0.29, 0.717) is 11.4 Å². The SMILES string of the molecule is CC[C@H](C)NC(=O)[C@H](C)N(Cc1ccccc1F)C(=O)CN(c1cccc(Cl)c1)S(C)(=O)=O. The average Bonchev–Trinajstić information content (AvgIpc) is 2.75. The molecule has 0 bridgehead atoms. The molecule has 0 heterocycles. The Morgan fingerprint density at radius 1 is 1.12 bits per heavy atom. The van der Waals surface area contributed by atoms with E-state index in [1.54, 1.807) is 18.2 Å². The van der Waals surface area contributed by atoms with Crippen LogP contribution >= 0.6 is 11.6 Å². The lowest BCUT2D eigenvalue weighted by Crippen LogP contribution is -2.52. The van der Waals surface area contributed by atoms with E-state index in [-0.39, 0.29) is 23.8 Å². The van der Waals surface area contributed by atoms with Crippen molar-refractivity contribution in [3.8, 4) is 0 Å². The van der Waals surface area contributed by atoms with Crippen LogP contribution in [-0.2, 0) is 26.2 Å². The summed E-state index contributed by atoms with van der Waals surface area (Å²) >= 11 is 6.01. The average molecular weight is 498 g/mol. The molecule has 0 spiro atoms. The van der Waals surface area contributed by atoms with Gasteiger partial charge < -0.3 is 10.2 Å². The Hall–Kier alpha value is -2.65. The van der Waals surface area contributed by atoms with Crippen molar-refractivity contribution in [2.45, 2.75) is 45.8 Å². The number of anilines is 1. The normalized spacial score (nSPS) is 13.2. The highest BCUT2D eigenvalue weighted by molar-refractivity contribution is 7.92. The van der Waals surface area contributed by atoms with Crippen molar-refractivity contribution < 1.29 is 22.4 Å². The Labute approximate surface area is 199 Å². The van der Waals surface area contributed by atoms with Crippen LogP contribution in [0.1, 0.15) is 32.8 Å². The van der Waals surface area contributed by atoms with Gasteiger partial charge in [-0.05, 0) is 44.5 Å². The summed E-state index contributed by atoms with van der Waals surface area (Å²) in [5, 5.41) is 3.12. The number of benzene rings is 2. The number of sulfonamides is 1. The molecule has 10 heteroatoms. The van der Waals surface area contributed by atoms with Gasteiger partial charge in [-0.1, -0.05) is 42.8 Å². The van der Waals surface area contributed by atoms with E-state index in [1.807, 2.05) is 13.8 Å². The molecule has 33 heavy (non-hydrogen) atoms. The molecule has 0 saturated carbocycles. The lowest BCUT2D eigenvalue weighted by atomic mass is 10.1. The van der Waals surface area contributed by atoms with E-state index in [2.05, 4.69) is 5.32 Å². The van der Waals surface area contributed by atoms with Gasteiger partial charge in [-0.3, -0.25) is 13.9 Å². The van der Waals surface area contributed by atoms with Gasteiger partial charge in [0.1, 0.15) is 18.4 Å². The van der Waals surface area contributed by atoms with Crippen molar-refractivity contribution in [3.63, 3.8) is 0 Å². The number of hydrogen-bond acceptors (Lipinski definition) is 4. The first-order valence-electron chi connectivity index (χ1n) is 10.5. The van der Waals surface area contributed by atoms with Gasteiger partial charge in [-0.25, -0.2) is 12.8 Å². The zero-order valence-corrected chi connectivity index (χ0v) is 20.7. The fourth-order valence-electron chi connectivity index (χ4n) is 3.10. The van der Waals surface area contributed by atoms with Crippen molar-refractivity contribution in [1.82, 2.24) is 10.2 Å². The predicted molar refractivity (Wildman–Crippen MR) is 128 cm³/mol. The van der Waals surface area contributed by atoms with Crippen LogP contribution in [0.15, 0.2) is 48.5 Å². The van der Waals surface area contributed by atoms with Crippen molar-refractivity contribution in [2.24, 2.45) is 0 Å². The number of amides is 2. The number of carbonyl (C=O) groups is 2. The summed E-state index contributed by atoms with van der Waals surface area (Å²) < 4.78 is 40.2. The van der Waals surface area contributed by atoms with Gasteiger partial charge in [0.15, 0.2) is 0 Å². The zero-order chi connectivity index (χ0) is 24.8. The van der Waals surface area contributed by atoms with Crippen LogP contribution < -0.4 is 9.62 Å². The first-order valence-corrected chi connectivity index (χ1v) is 12.7. The molecule has 1 N–H and O–H groups in total. The number of rotatable bonds is 10. The van der Waals surface area contributed by atoms with Crippen molar-refractivity contribution in [3.05, 3.63) is 64.9 Å². The molecule has 0 unspecified atom stereocenters. The lowest BCUT2D eigenvalue weighted by molar-refractivity contribution is -0.139. The van der Waals surface area contributed by atoms with Crippen molar-refractivity contribution in [1.29, 1.82) is 0 Å². The van der Waals surface area contributed by atoms with Gasteiger partial charge in [0.2, 0.25) is 21.8 Å². The molecule has 0 aliphatic carbocycles. The number of nitrogens with one attached hydrogen (secondary N) is 1. The monoisotopic (exact) mass is 497 g/mol. The summed E-state index contributed by atoms with van der Waals surface area (Å²) in [6.07, 6.45) is 1.66. The molecule has 2 aromatic rings. The third-order valence-electron chi connectivity index (χ3n) is 5.24. The van der Waals surface area contributed by atoms with Gasteiger partial charge in [-0.2, -0.15) is 0 Å². The van der Waals surface area contributed by atoms with Gasteiger partial charge >= 0.3 is 0 Å². The molecular formula is C23H29ClFN3O4S. The topological polar surface area (TPSA) is 86.8 Å². The second-order valence-electron chi connectivity index (χ2n) is 7.86. The minimum absolute atomic E-state index is 0.121. The number of halogens is 2. The molecule has 7 nitrogen and oxygen atoms in total. The second-order valence-corrected chi connectivity index (χ2v) is 10.2. The lowest BCUT2D eigenvalue weighted by Gasteiger charge is -2.32. The standard InChI is InChI=1S/C23H29ClFN3O4S/c1-5-16(2)26-23(30)17(3)27(14-18-9-6-7-12-21(18)25)22(29)15-28(33(4,31)32)20-11-8-10-19(24)13-20/h6-13,16-17H,5,14-15H2,1-4H3,(H,26,30)/t16-,17-/m0/s1. The third-order valence-corrected chi connectivity index (χ3v) is 6.62. The zero-order valence-electron chi connectivity index (χ0n) is 19.1. The summed E-state index contributed by atoms with van der Waals surface area (Å²) in [6, 6.07) is 10.9. The highest BCUT2D eigenvalue weighted by atomic mass is 35.5. The quantitative estimate of drug-likeness (QED) is 0.543. The van der Waals surface area contributed by atoms with Crippen LogP contribution in [0.25, 0.3) is 0 Å². The third kappa shape index (κ3) is 7.43. The maximum absolute atomic E-state index is 14.3. The number of carbonyl (C=O) groups excluding carboxylic acids is 2. The molecule has 2 rings (SSSR count). The summed E-state index contributed by atoms with van der Waals surface area (Å²) in [4.78, 5) is 27.3. The maximum Gasteiger partial charge on any atom is 0.244 e. The van der Waals surface area contributed by atoms with Gasteiger partial charge in [-0.15, -0.1) is 0 Å². The van der Waals surface area contributed by atoms with Crippen LogP contribution in [-0.4, -0.2) is 50.0 Å². The van der Waals surface area contributed by atoms with Crippen LogP contribution in [0.4, 0.5) is 10.1 Å². The molecule has 0 aliphatic heterocycles. The fourth-order valence-corrected chi connectivity index (χ4v) is 4.13. The summed E-state index contributed by atoms with van der Waals surface area (Å²) in [6.45, 7) is 4.49.